The molecular formula is C16H15BrN2O4. The van der Waals surface area contributed by atoms with Crippen LogP contribution in [0.2, 0.25) is 0 Å². The summed E-state index contributed by atoms with van der Waals surface area (Å²) in [5.74, 6) is -0.719. The first-order valence-electron chi connectivity index (χ1n) is 6.73. The van der Waals surface area contributed by atoms with Crippen LogP contribution < -0.4 is 15.6 Å². The molecule has 2 aromatic rings. The van der Waals surface area contributed by atoms with Crippen LogP contribution in [-0.4, -0.2) is 23.5 Å². The smallest absolute Gasteiger partial charge is 0.276 e. The summed E-state index contributed by atoms with van der Waals surface area (Å²) in [6.45, 7) is 1.61. The number of aryl methyl sites for hydroxylation is 1. The standard InChI is InChI=1S/C16H15BrN2O4/c1-10-8-11(17)6-7-14(10)23-9-15(21)18-19-16(22)12-4-2-3-5-13(12)20/h2-8,20H,9H2,1H3,(H,18,21)(H,19,22). The maximum Gasteiger partial charge on any atom is 0.276 e. The molecule has 0 saturated heterocycles. The average molecular weight is 379 g/mol. The lowest BCUT2D eigenvalue weighted by atomic mass is 10.2. The van der Waals surface area contributed by atoms with Gasteiger partial charge >= 0.3 is 0 Å². The van der Waals surface area contributed by atoms with E-state index in [1.165, 1.54) is 12.1 Å². The molecule has 0 aliphatic rings. The van der Waals surface area contributed by atoms with E-state index in [0.29, 0.717) is 5.75 Å². The molecular weight excluding hydrogens is 364 g/mol. The Kier molecular flexibility index (Phi) is 5.59. The van der Waals surface area contributed by atoms with E-state index in [2.05, 4.69) is 26.8 Å². The van der Waals surface area contributed by atoms with Crippen LogP contribution in [0.4, 0.5) is 0 Å². The minimum atomic E-state index is -0.615. The molecule has 23 heavy (non-hydrogen) atoms. The molecule has 0 fully saturated rings. The number of phenolic OH excluding ortho intramolecular Hbond substituents is 1. The summed E-state index contributed by atoms with van der Waals surface area (Å²) in [6, 6.07) is 11.4. The number of hydrazine groups is 1. The predicted molar refractivity (Wildman–Crippen MR) is 88.1 cm³/mol. The summed E-state index contributed by atoms with van der Waals surface area (Å²) in [6.07, 6.45) is 0. The number of nitrogens with one attached hydrogen (secondary N) is 2. The topological polar surface area (TPSA) is 87.7 Å². The minimum Gasteiger partial charge on any atom is -0.507 e. The Morgan fingerprint density at radius 2 is 1.91 bits per heavy atom. The molecule has 2 aromatic carbocycles. The molecule has 7 heteroatoms. The lowest BCUT2D eigenvalue weighted by Gasteiger charge is -2.11. The highest BCUT2D eigenvalue weighted by molar-refractivity contribution is 9.10. The number of hydrogen-bond acceptors (Lipinski definition) is 4. The number of benzene rings is 2. The predicted octanol–water partition coefficient (Wildman–Crippen LogP) is 2.30. The summed E-state index contributed by atoms with van der Waals surface area (Å²) in [7, 11) is 0. The zero-order valence-electron chi connectivity index (χ0n) is 12.3. The van der Waals surface area contributed by atoms with E-state index in [1.807, 2.05) is 13.0 Å². The van der Waals surface area contributed by atoms with E-state index in [4.69, 9.17) is 4.74 Å². The summed E-state index contributed by atoms with van der Waals surface area (Å²) >= 11 is 3.34. The van der Waals surface area contributed by atoms with Crippen molar-refractivity contribution in [2.45, 2.75) is 6.92 Å². The first-order valence-corrected chi connectivity index (χ1v) is 7.53. The molecule has 0 heterocycles. The van der Waals surface area contributed by atoms with Crippen LogP contribution in [0.25, 0.3) is 0 Å². The van der Waals surface area contributed by atoms with Gasteiger partial charge in [-0.2, -0.15) is 0 Å². The van der Waals surface area contributed by atoms with Crippen LogP contribution in [0.15, 0.2) is 46.9 Å². The third-order valence-electron chi connectivity index (χ3n) is 2.96. The highest BCUT2D eigenvalue weighted by Crippen LogP contribution is 2.21. The van der Waals surface area contributed by atoms with Crippen LogP contribution in [0.5, 0.6) is 11.5 Å². The van der Waals surface area contributed by atoms with Crippen molar-refractivity contribution in [2.75, 3.05) is 6.61 Å². The summed E-state index contributed by atoms with van der Waals surface area (Å²) < 4.78 is 6.30. The second-order valence-electron chi connectivity index (χ2n) is 4.72. The minimum absolute atomic E-state index is 0.0671. The number of carbonyl (C=O) groups is 2. The van der Waals surface area contributed by atoms with Crippen molar-refractivity contribution in [2.24, 2.45) is 0 Å². The van der Waals surface area contributed by atoms with Crippen LogP contribution in [0, 0.1) is 6.92 Å². The van der Waals surface area contributed by atoms with Gasteiger partial charge in [-0.1, -0.05) is 28.1 Å². The summed E-state index contributed by atoms with van der Waals surface area (Å²) in [5, 5.41) is 9.55. The van der Waals surface area contributed by atoms with E-state index in [9.17, 15) is 14.7 Å². The van der Waals surface area contributed by atoms with Crippen molar-refractivity contribution in [3.05, 3.63) is 58.1 Å². The Labute approximate surface area is 141 Å². The molecule has 0 saturated carbocycles. The Morgan fingerprint density at radius 1 is 1.17 bits per heavy atom. The SMILES string of the molecule is Cc1cc(Br)ccc1OCC(=O)NNC(=O)c1ccccc1O. The third kappa shape index (κ3) is 4.72. The Morgan fingerprint density at radius 3 is 2.61 bits per heavy atom. The van der Waals surface area contributed by atoms with Crippen LogP contribution in [-0.2, 0) is 4.79 Å². The average Bonchev–Trinajstić information content (AvgIpc) is 2.52. The highest BCUT2D eigenvalue weighted by Gasteiger charge is 2.11. The molecule has 0 atom stereocenters. The lowest BCUT2D eigenvalue weighted by Crippen LogP contribution is -2.43. The van der Waals surface area contributed by atoms with Gasteiger partial charge in [0, 0.05) is 4.47 Å². The maximum atomic E-state index is 11.8. The maximum absolute atomic E-state index is 11.8. The van der Waals surface area contributed by atoms with Crippen molar-refractivity contribution in [1.29, 1.82) is 0 Å². The number of halogens is 1. The van der Waals surface area contributed by atoms with Gasteiger partial charge < -0.3 is 9.84 Å². The first-order chi connectivity index (χ1) is 11.0. The van der Waals surface area contributed by atoms with Gasteiger partial charge in [0.25, 0.3) is 11.8 Å². The molecule has 0 aliphatic heterocycles. The highest BCUT2D eigenvalue weighted by atomic mass is 79.9. The Balaban J connectivity index is 1.83. The molecule has 0 radical (unpaired) electrons. The summed E-state index contributed by atoms with van der Waals surface area (Å²) in [4.78, 5) is 23.5. The number of ether oxygens (including phenoxy) is 1. The van der Waals surface area contributed by atoms with E-state index >= 15 is 0 Å². The number of aromatic hydroxyl groups is 1. The summed E-state index contributed by atoms with van der Waals surface area (Å²) in [5.41, 5.74) is 5.39. The van der Waals surface area contributed by atoms with E-state index < -0.39 is 11.8 Å². The third-order valence-corrected chi connectivity index (χ3v) is 3.45. The van der Waals surface area contributed by atoms with Gasteiger partial charge in [0.1, 0.15) is 11.5 Å². The molecule has 3 N–H and O–H groups in total. The Bertz CT molecular complexity index is 734. The number of hydrogen-bond donors (Lipinski definition) is 3. The van der Waals surface area contributed by atoms with Crippen LogP contribution >= 0.6 is 15.9 Å². The molecule has 0 unspecified atom stereocenters. The molecule has 0 aliphatic carbocycles. The quantitative estimate of drug-likeness (QED) is 0.712. The molecule has 0 spiro atoms. The molecule has 2 rings (SSSR count). The second kappa shape index (κ2) is 7.64. The number of amides is 2. The Hall–Kier alpha value is -2.54. The van der Waals surface area contributed by atoms with Crippen molar-refractivity contribution < 1.29 is 19.4 Å². The van der Waals surface area contributed by atoms with Crippen molar-refractivity contribution in [3.8, 4) is 11.5 Å². The zero-order valence-corrected chi connectivity index (χ0v) is 13.9. The molecule has 0 bridgehead atoms. The fourth-order valence-electron chi connectivity index (χ4n) is 1.81. The molecule has 6 nitrogen and oxygen atoms in total. The first kappa shape index (κ1) is 16.8. The second-order valence-corrected chi connectivity index (χ2v) is 5.63. The number of para-hydroxylation sites is 1. The lowest BCUT2D eigenvalue weighted by molar-refractivity contribution is -0.123. The number of rotatable bonds is 4. The van der Waals surface area contributed by atoms with Gasteiger partial charge in [0.2, 0.25) is 0 Å². The zero-order chi connectivity index (χ0) is 16.8. The van der Waals surface area contributed by atoms with Gasteiger partial charge in [-0.05, 0) is 42.8 Å². The fourth-order valence-corrected chi connectivity index (χ4v) is 2.29. The van der Waals surface area contributed by atoms with Gasteiger partial charge in [-0.3, -0.25) is 20.4 Å². The normalized spacial score (nSPS) is 10.0. The molecule has 120 valence electrons. The fraction of sp³-hybridized carbons (Fsp3) is 0.125. The van der Waals surface area contributed by atoms with E-state index in [-0.39, 0.29) is 17.9 Å². The van der Waals surface area contributed by atoms with Gasteiger partial charge in [-0.15, -0.1) is 0 Å². The van der Waals surface area contributed by atoms with Gasteiger partial charge in [-0.25, -0.2) is 0 Å². The van der Waals surface area contributed by atoms with Crippen LogP contribution in [0.3, 0.4) is 0 Å². The van der Waals surface area contributed by atoms with Gasteiger partial charge in [0.15, 0.2) is 6.61 Å². The molecule has 0 aromatic heterocycles. The van der Waals surface area contributed by atoms with Gasteiger partial charge in [0.05, 0.1) is 5.56 Å². The number of carbonyl (C=O) groups excluding carboxylic acids is 2. The van der Waals surface area contributed by atoms with Crippen molar-refractivity contribution >= 4 is 27.7 Å². The van der Waals surface area contributed by atoms with E-state index in [0.717, 1.165) is 10.0 Å². The van der Waals surface area contributed by atoms with E-state index in [1.54, 1.807) is 24.3 Å². The number of phenols is 1. The van der Waals surface area contributed by atoms with Crippen LogP contribution in [0.1, 0.15) is 15.9 Å². The van der Waals surface area contributed by atoms with Crippen molar-refractivity contribution in [1.82, 2.24) is 10.9 Å². The van der Waals surface area contributed by atoms with Crippen molar-refractivity contribution in [3.63, 3.8) is 0 Å². The monoisotopic (exact) mass is 378 g/mol. The largest absolute Gasteiger partial charge is 0.507 e. The molecule has 2 amide bonds.